The van der Waals surface area contributed by atoms with Crippen molar-refractivity contribution in [1.82, 2.24) is 14.7 Å². The fourth-order valence-electron chi connectivity index (χ4n) is 2.46. The summed E-state index contributed by atoms with van der Waals surface area (Å²) < 4.78 is 25.5. The van der Waals surface area contributed by atoms with E-state index < -0.39 is 5.76 Å². The molecule has 0 saturated carbocycles. The Kier molecular flexibility index (Phi) is 3.09. The Labute approximate surface area is 135 Å². The molecular formula is C17H12FN3O3. The minimum atomic E-state index is -0.439. The zero-order valence-corrected chi connectivity index (χ0v) is 12.9. The van der Waals surface area contributed by atoms with Crippen molar-refractivity contribution >= 4 is 11.1 Å². The third-order valence-electron chi connectivity index (χ3n) is 3.90. The number of aryl methyl sites for hydroxylation is 2. The first-order valence-electron chi connectivity index (χ1n) is 7.23. The van der Waals surface area contributed by atoms with E-state index in [1.807, 2.05) is 0 Å². The predicted molar refractivity (Wildman–Crippen MR) is 84.9 cm³/mol. The molecular weight excluding hydrogens is 313 g/mol. The van der Waals surface area contributed by atoms with Gasteiger partial charge in [0, 0.05) is 18.2 Å². The number of hydrogen-bond donors (Lipinski definition) is 0. The van der Waals surface area contributed by atoms with Gasteiger partial charge in [0.15, 0.2) is 5.58 Å². The lowest BCUT2D eigenvalue weighted by Crippen LogP contribution is -2.08. The van der Waals surface area contributed by atoms with Gasteiger partial charge < -0.3 is 8.94 Å². The van der Waals surface area contributed by atoms with Crippen LogP contribution in [0.4, 0.5) is 4.39 Å². The standard InChI is InChI=1S/C17H12FN3O3/c1-9-3-4-11(7-12(9)18)16-19-15(20-24-16)10-5-6-13-14(8-10)23-17(22)21(13)2/h3-8H,1-2H3. The monoisotopic (exact) mass is 325 g/mol. The lowest BCUT2D eigenvalue weighted by atomic mass is 10.1. The van der Waals surface area contributed by atoms with Crippen LogP contribution in [0.3, 0.4) is 0 Å². The number of oxazole rings is 1. The van der Waals surface area contributed by atoms with Crippen LogP contribution in [0.15, 0.2) is 50.1 Å². The molecule has 6 nitrogen and oxygen atoms in total. The second kappa shape index (κ2) is 5.16. The Bertz CT molecular complexity index is 1120. The summed E-state index contributed by atoms with van der Waals surface area (Å²) in [6.45, 7) is 1.68. The number of benzene rings is 2. The summed E-state index contributed by atoms with van der Waals surface area (Å²) in [6.07, 6.45) is 0. The highest BCUT2D eigenvalue weighted by atomic mass is 19.1. The van der Waals surface area contributed by atoms with Gasteiger partial charge in [0.05, 0.1) is 5.52 Å². The van der Waals surface area contributed by atoms with Crippen molar-refractivity contribution in [3.8, 4) is 22.8 Å². The zero-order valence-electron chi connectivity index (χ0n) is 12.9. The molecule has 0 atom stereocenters. The van der Waals surface area contributed by atoms with Gasteiger partial charge in [0.2, 0.25) is 5.82 Å². The molecule has 0 aliphatic rings. The number of rotatable bonds is 2. The van der Waals surface area contributed by atoms with E-state index in [1.54, 1.807) is 44.3 Å². The van der Waals surface area contributed by atoms with Gasteiger partial charge >= 0.3 is 5.76 Å². The maximum Gasteiger partial charge on any atom is 0.419 e. The number of aromatic nitrogens is 3. The van der Waals surface area contributed by atoms with Crippen LogP contribution in [0.25, 0.3) is 33.9 Å². The van der Waals surface area contributed by atoms with Gasteiger partial charge in [-0.15, -0.1) is 0 Å². The average molecular weight is 325 g/mol. The Hall–Kier alpha value is -3.22. The van der Waals surface area contributed by atoms with Gasteiger partial charge in [-0.3, -0.25) is 4.57 Å². The number of hydrogen-bond acceptors (Lipinski definition) is 5. The number of fused-ring (bicyclic) bond motifs is 1. The maximum atomic E-state index is 13.7. The lowest BCUT2D eigenvalue weighted by molar-refractivity contribution is 0.432. The summed E-state index contributed by atoms with van der Waals surface area (Å²) in [5, 5.41) is 3.92. The van der Waals surface area contributed by atoms with Crippen LogP contribution < -0.4 is 5.76 Å². The van der Waals surface area contributed by atoms with E-state index in [9.17, 15) is 9.18 Å². The normalized spacial score (nSPS) is 11.3. The van der Waals surface area contributed by atoms with Crippen LogP contribution in [0.5, 0.6) is 0 Å². The third-order valence-corrected chi connectivity index (χ3v) is 3.90. The van der Waals surface area contributed by atoms with E-state index in [0.717, 1.165) is 0 Å². The molecule has 120 valence electrons. The van der Waals surface area contributed by atoms with Crippen molar-refractivity contribution in [2.45, 2.75) is 6.92 Å². The topological polar surface area (TPSA) is 74.1 Å². The van der Waals surface area contributed by atoms with Crippen LogP contribution >= 0.6 is 0 Å². The summed E-state index contributed by atoms with van der Waals surface area (Å²) >= 11 is 0. The summed E-state index contributed by atoms with van der Waals surface area (Å²) in [7, 11) is 1.63. The van der Waals surface area contributed by atoms with Gasteiger partial charge in [-0.1, -0.05) is 11.2 Å². The highest BCUT2D eigenvalue weighted by Crippen LogP contribution is 2.25. The molecule has 0 radical (unpaired) electrons. The highest BCUT2D eigenvalue weighted by Gasteiger charge is 2.14. The second-order valence-electron chi connectivity index (χ2n) is 5.50. The molecule has 7 heteroatoms. The molecule has 0 aliphatic carbocycles. The zero-order chi connectivity index (χ0) is 16.8. The lowest BCUT2D eigenvalue weighted by Gasteiger charge is -1.97. The molecule has 2 aromatic heterocycles. The summed E-state index contributed by atoms with van der Waals surface area (Å²) in [5.74, 6) is -0.219. The van der Waals surface area contributed by atoms with E-state index >= 15 is 0 Å². The molecule has 0 fully saturated rings. The van der Waals surface area contributed by atoms with Crippen LogP contribution in [0, 0.1) is 12.7 Å². The Balaban J connectivity index is 1.76. The first-order valence-corrected chi connectivity index (χ1v) is 7.23. The first-order chi connectivity index (χ1) is 11.5. The Morgan fingerprint density at radius 3 is 2.71 bits per heavy atom. The molecule has 0 saturated heterocycles. The number of halogens is 1. The average Bonchev–Trinajstić information content (AvgIpc) is 3.16. The van der Waals surface area contributed by atoms with Gasteiger partial charge in [-0.25, -0.2) is 9.18 Å². The molecule has 0 bridgehead atoms. The van der Waals surface area contributed by atoms with E-state index in [4.69, 9.17) is 8.94 Å². The molecule has 2 heterocycles. The van der Waals surface area contributed by atoms with Crippen molar-refractivity contribution in [2.24, 2.45) is 7.05 Å². The second-order valence-corrected chi connectivity index (χ2v) is 5.50. The smallest absolute Gasteiger partial charge is 0.408 e. The quantitative estimate of drug-likeness (QED) is 0.565. The fourth-order valence-corrected chi connectivity index (χ4v) is 2.46. The van der Waals surface area contributed by atoms with E-state index in [-0.39, 0.29) is 11.7 Å². The molecule has 0 amide bonds. The Morgan fingerprint density at radius 2 is 1.92 bits per heavy atom. The predicted octanol–water partition coefficient (Wildman–Crippen LogP) is 3.30. The molecule has 4 rings (SSSR count). The molecule has 4 aromatic rings. The SMILES string of the molecule is Cc1ccc(-c2nc(-c3ccc4c(c3)oc(=O)n4C)no2)cc1F. The van der Waals surface area contributed by atoms with Crippen molar-refractivity contribution in [1.29, 1.82) is 0 Å². The van der Waals surface area contributed by atoms with Crippen LogP contribution in [-0.4, -0.2) is 14.7 Å². The molecule has 24 heavy (non-hydrogen) atoms. The molecule has 0 unspecified atom stereocenters. The minimum Gasteiger partial charge on any atom is -0.408 e. The first kappa shape index (κ1) is 14.4. The van der Waals surface area contributed by atoms with Crippen LogP contribution in [0.2, 0.25) is 0 Å². The summed E-state index contributed by atoms with van der Waals surface area (Å²) in [5.41, 5.74) is 2.80. The van der Waals surface area contributed by atoms with Gasteiger partial charge in [-0.2, -0.15) is 4.98 Å². The molecule has 0 N–H and O–H groups in total. The van der Waals surface area contributed by atoms with Gasteiger partial charge in [-0.05, 0) is 42.8 Å². The molecule has 0 spiro atoms. The van der Waals surface area contributed by atoms with E-state index in [1.165, 1.54) is 10.6 Å². The van der Waals surface area contributed by atoms with Gasteiger partial charge in [0.25, 0.3) is 5.89 Å². The number of nitrogens with zero attached hydrogens (tertiary/aromatic N) is 3. The molecule has 0 aliphatic heterocycles. The summed E-state index contributed by atoms with van der Waals surface area (Å²) in [4.78, 5) is 15.8. The maximum absolute atomic E-state index is 13.7. The fraction of sp³-hybridized carbons (Fsp3) is 0.118. The van der Waals surface area contributed by atoms with Crippen molar-refractivity contribution in [3.05, 3.63) is 58.3 Å². The van der Waals surface area contributed by atoms with E-state index in [2.05, 4.69) is 10.1 Å². The van der Waals surface area contributed by atoms with Crippen molar-refractivity contribution < 1.29 is 13.3 Å². The minimum absolute atomic E-state index is 0.221. The van der Waals surface area contributed by atoms with Crippen molar-refractivity contribution in [3.63, 3.8) is 0 Å². The van der Waals surface area contributed by atoms with Gasteiger partial charge in [0.1, 0.15) is 5.82 Å². The highest BCUT2D eigenvalue weighted by molar-refractivity contribution is 5.78. The van der Waals surface area contributed by atoms with Crippen molar-refractivity contribution in [2.75, 3.05) is 0 Å². The third kappa shape index (κ3) is 2.21. The van der Waals surface area contributed by atoms with E-state index in [0.29, 0.717) is 33.6 Å². The largest absolute Gasteiger partial charge is 0.419 e. The van der Waals surface area contributed by atoms with Crippen LogP contribution in [0.1, 0.15) is 5.56 Å². The Morgan fingerprint density at radius 1 is 1.12 bits per heavy atom. The van der Waals surface area contributed by atoms with Crippen LogP contribution in [-0.2, 0) is 7.05 Å². The summed E-state index contributed by atoms with van der Waals surface area (Å²) in [6, 6.07) is 9.90. The molecule has 2 aromatic carbocycles.